The predicted molar refractivity (Wildman–Crippen MR) is 102 cm³/mol. The molecule has 4 rings (SSSR count). The van der Waals surface area contributed by atoms with Crippen LogP contribution < -0.4 is 10.2 Å². The van der Waals surface area contributed by atoms with Crippen molar-refractivity contribution in [3.8, 4) is 5.69 Å². The molecule has 2 aromatic heterocycles. The minimum absolute atomic E-state index is 0.228. The van der Waals surface area contributed by atoms with Crippen molar-refractivity contribution in [3.63, 3.8) is 0 Å². The topological polar surface area (TPSA) is 88.8 Å². The quantitative estimate of drug-likeness (QED) is 0.766. The minimum atomic E-state index is -0.353. The predicted octanol–water partition coefficient (Wildman–Crippen LogP) is 2.55. The maximum Gasteiger partial charge on any atom is 0.279 e. The van der Waals surface area contributed by atoms with Crippen LogP contribution in [0.2, 0.25) is 0 Å². The van der Waals surface area contributed by atoms with E-state index in [0.717, 1.165) is 43.4 Å². The second kappa shape index (κ2) is 7.53. The molecule has 0 unspecified atom stereocenters. The SMILES string of the molecule is CC1CCN(c2cc(NC(=O)c3cnn(-c4ccccc4)n3)ncn2)CC1. The Bertz CT molecular complexity index is 917. The molecule has 1 fully saturated rings. The summed E-state index contributed by atoms with van der Waals surface area (Å²) in [5, 5.41) is 11.2. The average Bonchev–Trinajstić information content (AvgIpc) is 3.20. The van der Waals surface area contributed by atoms with Crippen molar-refractivity contribution in [1.29, 1.82) is 0 Å². The summed E-state index contributed by atoms with van der Waals surface area (Å²) in [5.41, 5.74) is 1.02. The van der Waals surface area contributed by atoms with Crippen LogP contribution in [0.25, 0.3) is 5.69 Å². The number of piperidine rings is 1. The maximum absolute atomic E-state index is 12.5. The van der Waals surface area contributed by atoms with Crippen molar-refractivity contribution in [2.75, 3.05) is 23.3 Å². The summed E-state index contributed by atoms with van der Waals surface area (Å²) < 4.78 is 0. The van der Waals surface area contributed by atoms with E-state index in [1.54, 1.807) is 6.07 Å². The summed E-state index contributed by atoms with van der Waals surface area (Å²) in [4.78, 5) is 24.6. The van der Waals surface area contributed by atoms with E-state index in [2.05, 4.69) is 37.3 Å². The monoisotopic (exact) mass is 363 g/mol. The molecule has 1 N–H and O–H groups in total. The van der Waals surface area contributed by atoms with E-state index < -0.39 is 0 Å². The smallest absolute Gasteiger partial charge is 0.279 e. The van der Waals surface area contributed by atoms with E-state index >= 15 is 0 Å². The summed E-state index contributed by atoms with van der Waals surface area (Å²) in [5.74, 6) is 1.68. The van der Waals surface area contributed by atoms with E-state index in [9.17, 15) is 4.79 Å². The van der Waals surface area contributed by atoms with Gasteiger partial charge in [0.2, 0.25) is 0 Å². The van der Waals surface area contributed by atoms with Gasteiger partial charge in [0.1, 0.15) is 18.0 Å². The summed E-state index contributed by atoms with van der Waals surface area (Å²) >= 11 is 0. The van der Waals surface area contributed by atoms with Crippen molar-refractivity contribution in [1.82, 2.24) is 25.0 Å². The largest absolute Gasteiger partial charge is 0.356 e. The van der Waals surface area contributed by atoms with Gasteiger partial charge in [0, 0.05) is 19.2 Å². The van der Waals surface area contributed by atoms with Crippen molar-refractivity contribution < 1.29 is 4.79 Å². The molecular formula is C19H21N7O. The maximum atomic E-state index is 12.5. The number of carbonyl (C=O) groups excluding carboxylic acids is 1. The Kier molecular flexibility index (Phi) is 4.78. The van der Waals surface area contributed by atoms with Gasteiger partial charge in [0.15, 0.2) is 5.69 Å². The summed E-state index contributed by atoms with van der Waals surface area (Å²) in [6.07, 6.45) is 5.21. The number of hydrogen-bond acceptors (Lipinski definition) is 6. The van der Waals surface area contributed by atoms with Crippen molar-refractivity contribution >= 4 is 17.5 Å². The first-order valence-electron chi connectivity index (χ1n) is 9.05. The standard InChI is InChI=1S/C19H21N7O/c1-14-7-9-25(10-8-14)18-11-17(20-13-21-18)23-19(27)16-12-22-26(24-16)15-5-3-2-4-6-15/h2-6,11-14H,7-10H2,1H3,(H,20,21,23,27). The van der Waals surface area contributed by atoms with E-state index in [1.807, 2.05) is 30.3 Å². The number of amides is 1. The van der Waals surface area contributed by atoms with Gasteiger partial charge >= 0.3 is 0 Å². The Morgan fingerprint density at radius 3 is 2.70 bits per heavy atom. The lowest BCUT2D eigenvalue weighted by molar-refractivity contribution is 0.102. The molecule has 0 aliphatic carbocycles. The zero-order chi connectivity index (χ0) is 18.6. The Balaban J connectivity index is 1.46. The molecule has 0 saturated carbocycles. The molecule has 1 aliphatic heterocycles. The summed E-state index contributed by atoms with van der Waals surface area (Å²) in [7, 11) is 0. The highest BCUT2D eigenvalue weighted by molar-refractivity contribution is 6.02. The Morgan fingerprint density at radius 2 is 1.93 bits per heavy atom. The van der Waals surface area contributed by atoms with E-state index in [4.69, 9.17) is 0 Å². The van der Waals surface area contributed by atoms with Gasteiger partial charge in [0.05, 0.1) is 11.9 Å². The van der Waals surface area contributed by atoms with Crippen LogP contribution in [-0.2, 0) is 0 Å². The fraction of sp³-hybridized carbons (Fsp3) is 0.316. The van der Waals surface area contributed by atoms with Crippen LogP contribution >= 0.6 is 0 Å². The molecule has 0 spiro atoms. The molecule has 1 aliphatic rings. The molecule has 0 atom stereocenters. The Labute approximate surface area is 157 Å². The van der Waals surface area contributed by atoms with Gasteiger partial charge in [-0.3, -0.25) is 4.79 Å². The van der Waals surface area contributed by atoms with Crippen LogP contribution in [0.15, 0.2) is 48.9 Å². The zero-order valence-corrected chi connectivity index (χ0v) is 15.1. The molecule has 8 heteroatoms. The third-order valence-electron chi connectivity index (χ3n) is 4.71. The molecule has 138 valence electrons. The molecule has 27 heavy (non-hydrogen) atoms. The first kappa shape index (κ1) is 17.1. The van der Waals surface area contributed by atoms with Gasteiger partial charge in [-0.05, 0) is 30.9 Å². The van der Waals surface area contributed by atoms with Crippen LogP contribution in [0.5, 0.6) is 0 Å². The number of carbonyl (C=O) groups is 1. The summed E-state index contributed by atoms with van der Waals surface area (Å²) in [6.45, 7) is 4.21. The first-order chi connectivity index (χ1) is 13.2. The second-order valence-corrected chi connectivity index (χ2v) is 6.74. The van der Waals surface area contributed by atoms with Crippen LogP contribution in [0.4, 0.5) is 11.6 Å². The Hall–Kier alpha value is -3.29. The van der Waals surface area contributed by atoms with Gasteiger partial charge in [-0.25, -0.2) is 9.97 Å². The third-order valence-corrected chi connectivity index (χ3v) is 4.71. The van der Waals surface area contributed by atoms with Crippen LogP contribution in [-0.4, -0.2) is 44.0 Å². The number of nitrogens with one attached hydrogen (secondary N) is 1. The first-order valence-corrected chi connectivity index (χ1v) is 9.05. The number of nitrogens with zero attached hydrogens (tertiary/aromatic N) is 6. The van der Waals surface area contributed by atoms with E-state index in [0.29, 0.717) is 5.82 Å². The van der Waals surface area contributed by atoms with Gasteiger partial charge in [-0.15, -0.1) is 5.10 Å². The average molecular weight is 363 g/mol. The van der Waals surface area contributed by atoms with Gasteiger partial charge in [-0.1, -0.05) is 25.1 Å². The highest BCUT2D eigenvalue weighted by Crippen LogP contribution is 2.22. The lowest BCUT2D eigenvalue weighted by atomic mass is 9.99. The second-order valence-electron chi connectivity index (χ2n) is 6.74. The molecule has 0 bridgehead atoms. The fourth-order valence-electron chi connectivity index (χ4n) is 3.06. The van der Waals surface area contributed by atoms with Crippen molar-refractivity contribution in [3.05, 3.63) is 54.6 Å². The highest BCUT2D eigenvalue weighted by atomic mass is 16.2. The number of benzene rings is 1. The molecule has 1 amide bonds. The lowest BCUT2D eigenvalue weighted by Gasteiger charge is -2.31. The van der Waals surface area contributed by atoms with Gasteiger partial charge in [-0.2, -0.15) is 9.90 Å². The number of anilines is 2. The van der Waals surface area contributed by atoms with Crippen LogP contribution in [0.3, 0.4) is 0 Å². The molecule has 1 aromatic carbocycles. The molecule has 8 nitrogen and oxygen atoms in total. The van der Waals surface area contributed by atoms with Crippen molar-refractivity contribution in [2.24, 2.45) is 5.92 Å². The van der Waals surface area contributed by atoms with Gasteiger partial charge in [0.25, 0.3) is 5.91 Å². The number of rotatable bonds is 4. The minimum Gasteiger partial charge on any atom is -0.356 e. The van der Waals surface area contributed by atoms with E-state index in [-0.39, 0.29) is 11.6 Å². The van der Waals surface area contributed by atoms with Crippen LogP contribution in [0.1, 0.15) is 30.3 Å². The molecule has 3 heterocycles. The number of aromatic nitrogens is 5. The lowest BCUT2D eigenvalue weighted by Crippen LogP contribution is -2.33. The molecule has 3 aromatic rings. The molecular weight excluding hydrogens is 342 g/mol. The number of hydrogen-bond donors (Lipinski definition) is 1. The molecule has 1 saturated heterocycles. The molecule has 0 radical (unpaired) electrons. The fourth-order valence-corrected chi connectivity index (χ4v) is 3.06. The van der Waals surface area contributed by atoms with E-state index in [1.165, 1.54) is 17.3 Å². The highest BCUT2D eigenvalue weighted by Gasteiger charge is 2.18. The number of para-hydroxylation sites is 1. The normalized spacial score (nSPS) is 14.9. The van der Waals surface area contributed by atoms with Crippen LogP contribution in [0, 0.1) is 5.92 Å². The summed E-state index contributed by atoms with van der Waals surface area (Å²) in [6, 6.07) is 11.2. The third kappa shape index (κ3) is 3.94. The zero-order valence-electron chi connectivity index (χ0n) is 15.1. The van der Waals surface area contributed by atoms with Crippen molar-refractivity contribution in [2.45, 2.75) is 19.8 Å². The van der Waals surface area contributed by atoms with Gasteiger partial charge < -0.3 is 10.2 Å². The Morgan fingerprint density at radius 1 is 1.15 bits per heavy atom.